The molecule has 2 heterocycles. The van der Waals surface area contributed by atoms with Crippen molar-refractivity contribution in [1.82, 2.24) is 29.7 Å². The second-order valence-corrected chi connectivity index (χ2v) is 13.9. The maximum atomic E-state index is 11.3. The molecule has 0 radical (unpaired) electrons. The van der Waals surface area contributed by atoms with Gasteiger partial charge in [0.15, 0.2) is 0 Å². The van der Waals surface area contributed by atoms with E-state index < -0.39 is 5.97 Å². The summed E-state index contributed by atoms with van der Waals surface area (Å²) in [4.78, 5) is 47.2. The monoisotopic (exact) mass is 745 g/mol. The van der Waals surface area contributed by atoms with Gasteiger partial charge in [0.05, 0.1) is 6.54 Å². The standard InChI is InChI=1S/C13H23N3S.C9H20.C8H14N2O2.C3H7NO.C2H4O2.2C2H6/c1-13(2,3)11(14-4)10-16(5)17-12-8-6-7-9-15-12;1-3-5-7-9-8-6-4-2;1-7-3-2-4-10(7)8(12)5-9-6-11;1-4(2)3-5;1-2(3)4;2*1-2/h6-9,11,14H,10H2,1-5H3;3-9H2,1-2H3;6-7H,2-5H2,1H3,(H,9,11);3H,1-2H3;1H3,(H,3,4);2*1-2H3/t;;7-;;;;/m..1..../s1. The van der Waals surface area contributed by atoms with Crippen LogP contribution in [-0.4, -0.2) is 109 Å². The molecule has 3 amide bonds. The molecular formula is C39H80N6O5S. The van der Waals surface area contributed by atoms with Gasteiger partial charge in [-0.2, -0.15) is 0 Å². The molecule has 0 spiro atoms. The summed E-state index contributed by atoms with van der Waals surface area (Å²) in [5, 5.41) is 14.2. The summed E-state index contributed by atoms with van der Waals surface area (Å²) in [6.45, 7) is 24.4. The summed E-state index contributed by atoms with van der Waals surface area (Å²) in [6, 6.07) is 6.79. The number of nitrogens with zero attached hydrogens (tertiary/aromatic N) is 4. The Kier molecular flexibility index (Phi) is 47.1. The average molecular weight is 745 g/mol. The molecule has 51 heavy (non-hydrogen) atoms. The van der Waals surface area contributed by atoms with Gasteiger partial charge in [-0.25, -0.2) is 9.29 Å². The number of hydrogen-bond donors (Lipinski definition) is 3. The zero-order valence-electron chi connectivity index (χ0n) is 35.4. The van der Waals surface area contributed by atoms with Gasteiger partial charge in [-0.15, -0.1) is 0 Å². The Morgan fingerprint density at radius 1 is 1.02 bits per heavy atom. The van der Waals surface area contributed by atoms with Gasteiger partial charge in [0, 0.05) is 52.4 Å². The molecule has 3 N–H and O–H groups in total. The Bertz CT molecular complexity index is 894. The van der Waals surface area contributed by atoms with Gasteiger partial charge in [-0.1, -0.05) is 113 Å². The number of hydrogen-bond acceptors (Lipinski definition) is 8. The van der Waals surface area contributed by atoms with E-state index in [0.29, 0.717) is 18.5 Å². The van der Waals surface area contributed by atoms with E-state index in [4.69, 9.17) is 9.90 Å². The average Bonchev–Trinajstić information content (AvgIpc) is 3.54. The lowest BCUT2D eigenvalue weighted by molar-refractivity contribution is -0.134. The summed E-state index contributed by atoms with van der Waals surface area (Å²) >= 11 is 1.69. The largest absolute Gasteiger partial charge is 0.481 e. The van der Waals surface area contributed by atoms with Gasteiger partial charge in [-0.3, -0.25) is 19.2 Å². The van der Waals surface area contributed by atoms with Crippen LogP contribution in [0, 0.1) is 5.41 Å². The van der Waals surface area contributed by atoms with E-state index in [2.05, 4.69) is 61.6 Å². The fourth-order valence-corrected chi connectivity index (χ4v) is 5.01. The van der Waals surface area contributed by atoms with Crippen LogP contribution in [0.3, 0.4) is 0 Å². The molecular weight excluding hydrogens is 665 g/mol. The number of unbranched alkanes of at least 4 members (excludes halogenated alkanes) is 6. The van der Waals surface area contributed by atoms with Crippen molar-refractivity contribution in [2.24, 2.45) is 5.41 Å². The van der Waals surface area contributed by atoms with Crippen LogP contribution in [0.1, 0.15) is 134 Å². The number of pyridine rings is 1. The molecule has 2 atom stereocenters. The third-order valence-electron chi connectivity index (χ3n) is 6.85. The zero-order valence-corrected chi connectivity index (χ0v) is 36.2. The van der Waals surface area contributed by atoms with E-state index in [1.165, 1.54) is 49.8 Å². The number of aromatic nitrogens is 1. The van der Waals surface area contributed by atoms with Crippen LogP contribution >= 0.6 is 11.9 Å². The number of nitrogens with one attached hydrogen (secondary N) is 2. The minimum Gasteiger partial charge on any atom is -0.481 e. The lowest BCUT2D eigenvalue weighted by Gasteiger charge is -2.33. The first-order chi connectivity index (χ1) is 24.1. The van der Waals surface area contributed by atoms with Crippen molar-refractivity contribution in [3.63, 3.8) is 0 Å². The SMILES string of the molecule is CC.CC.CC(=O)O.CCCCCCCCC.CN(C)C=O.CNC(CN(C)Sc1ccccn1)C(C)(C)C.C[C@@H]1CCCN1C(=O)CNC=O. The molecule has 1 aliphatic rings. The summed E-state index contributed by atoms with van der Waals surface area (Å²) in [5.74, 6) is -0.813. The molecule has 0 bridgehead atoms. The number of carbonyl (C=O) groups excluding carboxylic acids is 3. The third-order valence-corrected chi connectivity index (χ3v) is 7.74. The van der Waals surface area contributed by atoms with Crippen LogP contribution in [-0.2, 0) is 19.2 Å². The minimum atomic E-state index is -0.833. The van der Waals surface area contributed by atoms with E-state index >= 15 is 0 Å². The number of amides is 3. The summed E-state index contributed by atoms with van der Waals surface area (Å²) < 4.78 is 2.23. The predicted molar refractivity (Wildman–Crippen MR) is 219 cm³/mol. The molecule has 0 aliphatic carbocycles. The Hall–Kier alpha value is -2.70. The summed E-state index contributed by atoms with van der Waals surface area (Å²) in [5.41, 5.74) is 0.258. The number of carbonyl (C=O) groups is 4. The number of aliphatic carboxylic acids is 1. The number of carboxylic acids is 1. The van der Waals surface area contributed by atoms with Crippen LogP contribution < -0.4 is 10.6 Å². The lowest BCUT2D eigenvalue weighted by Crippen LogP contribution is -2.44. The van der Waals surface area contributed by atoms with Gasteiger partial charge in [0.25, 0.3) is 5.97 Å². The predicted octanol–water partition coefficient (Wildman–Crippen LogP) is 8.00. The number of likely N-dealkylation sites (tertiary alicyclic amines) is 1. The van der Waals surface area contributed by atoms with Crippen molar-refractivity contribution in [3.8, 4) is 0 Å². The summed E-state index contributed by atoms with van der Waals surface area (Å²) in [6.07, 6.45) is 15.3. The highest BCUT2D eigenvalue weighted by Gasteiger charge is 2.25. The fraction of sp³-hybridized carbons (Fsp3) is 0.769. The van der Waals surface area contributed by atoms with E-state index in [1.54, 1.807) is 26.0 Å². The Labute approximate surface area is 318 Å². The molecule has 1 aliphatic heterocycles. The van der Waals surface area contributed by atoms with E-state index in [9.17, 15) is 14.4 Å². The van der Waals surface area contributed by atoms with Crippen LogP contribution in [0.4, 0.5) is 0 Å². The van der Waals surface area contributed by atoms with Crippen molar-refractivity contribution in [3.05, 3.63) is 24.4 Å². The number of rotatable bonds is 15. The smallest absolute Gasteiger partial charge is 0.300 e. The maximum absolute atomic E-state index is 11.3. The highest BCUT2D eigenvalue weighted by molar-refractivity contribution is 7.96. The van der Waals surface area contributed by atoms with Crippen molar-refractivity contribution in [2.75, 3.05) is 47.8 Å². The molecule has 302 valence electrons. The molecule has 1 saturated heterocycles. The lowest BCUT2D eigenvalue weighted by atomic mass is 9.87. The van der Waals surface area contributed by atoms with Gasteiger partial charge in [-0.05, 0) is 63.4 Å². The van der Waals surface area contributed by atoms with Gasteiger partial charge in [0.2, 0.25) is 18.7 Å². The Morgan fingerprint density at radius 3 is 1.84 bits per heavy atom. The molecule has 1 aromatic heterocycles. The van der Waals surface area contributed by atoms with Crippen molar-refractivity contribution >= 4 is 36.6 Å². The van der Waals surface area contributed by atoms with E-state index in [-0.39, 0.29) is 17.9 Å². The Balaban J connectivity index is -0.000000182. The highest BCUT2D eigenvalue weighted by Crippen LogP contribution is 2.24. The number of likely N-dealkylation sites (N-methyl/N-ethyl adjacent to an activating group) is 2. The zero-order chi connectivity index (χ0) is 40.7. The minimum absolute atomic E-state index is 0.0205. The molecule has 12 heteroatoms. The quantitative estimate of drug-likeness (QED) is 0.0928. The van der Waals surface area contributed by atoms with E-state index in [1.807, 2.05) is 71.0 Å². The van der Waals surface area contributed by atoms with Crippen molar-refractivity contribution in [1.29, 1.82) is 0 Å². The number of carboxylic acid groups (broad SMARTS) is 1. The third kappa shape index (κ3) is 43.4. The fourth-order valence-electron chi connectivity index (χ4n) is 4.22. The molecule has 2 rings (SSSR count). The highest BCUT2D eigenvalue weighted by atomic mass is 32.2. The van der Waals surface area contributed by atoms with Crippen molar-refractivity contribution < 1.29 is 24.3 Å². The molecule has 0 aromatic carbocycles. The molecule has 1 aromatic rings. The first-order valence-corrected chi connectivity index (χ1v) is 19.6. The molecule has 1 fully saturated rings. The van der Waals surface area contributed by atoms with Gasteiger partial charge < -0.3 is 25.5 Å². The second kappa shape index (κ2) is 41.7. The van der Waals surface area contributed by atoms with Crippen LogP contribution in [0.5, 0.6) is 0 Å². The Morgan fingerprint density at radius 2 is 1.51 bits per heavy atom. The topological polar surface area (TPSA) is 135 Å². The van der Waals surface area contributed by atoms with Crippen LogP contribution in [0.25, 0.3) is 0 Å². The summed E-state index contributed by atoms with van der Waals surface area (Å²) in [7, 11) is 7.50. The first-order valence-electron chi connectivity index (χ1n) is 18.9. The second-order valence-electron chi connectivity index (χ2n) is 12.7. The normalized spacial score (nSPS) is 13.1. The molecule has 11 nitrogen and oxygen atoms in total. The molecule has 1 unspecified atom stereocenters. The van der Waals surface area contributed by atoms with Crippen LogP contribution in [0.2, 0.25) is 0 Å². The van der Waals surface area contributed by atoms with Crippen molar-refractivity contribution in [2.45, 2.75) is 151 Å². The maximum Gasteiger partial charge on any atom is 0.300 e. The van der Waals surface area contributed by atoms with Gasteiger partial charge >= 0.3 is 0 Å². The first kappa shape index (κ1) is 57.6. The molecule has 0 saturated carbocycles. The van der Waals surface area contributed by atoms with Crippen LogP contribution in [0.15, 0.2) is 29.4 Å². The van der Waals surface area contributed by atoms with E-state index in [0.717, 1.165) is 44.3 Å². The van der Waals surface area contributed by atoms with Gasteiger partial charge in [0.1, 0.15) is 5.03 Å².